The molecule has 0 spiro atoms. The summed E-state index contributed by atoms with van der Waals surface area (Å²) in [5.74, 6) is -2.06. The van der Waals surface area contributed by atoms with Gasteiger partial charge in [-0.2, -0.15) is 0 Å². The zero-order chi connectivity index (χ0) is 16.8. The average molecular weight is 343 g/mol. The molecule has 0 bridgehead atoms. The first kappa shape index (κ1) is 17.8. The van der Waals surface area contributed by atoms with Crippen LogP contribution >= 0.6 is 0 Å². The minimum atomic E-state index is -4.96. The molecule has 0 fully saturated rings. The molecule has 0 aliphatic heterocycles. The van der Waals surface area contributed by atoms with Gasteiger partial charge in [0.05, 0.1) is 6.61 Å². The van der Waals surface area contributed by atoms with E-state index in [2.05, 4.69) is 19.8 Å². The van der Waals surface area contributed by atoms with Crippen LogP contribution in [0.1, 0.15) is 6.92 Å². The Kier molecular flexibility index (Phi) is 5.79. The standard InChI is InChI=1S/C10H12F3N3O5S/c1-2-20-9(17)16-22(18,19)6-15-8-7(4-3-5-14-8)21-10(11,12)13/h3-5H,2,6H2,1H3,(H,14,15)(H,16,17). The lowest BCUT2D eigenvalue weighted by atomic mass is 10.4. The van der Waals surface area contributed by atoms with Gasteiger partial charge in [-0.15, -0.1) is 13.2 Å². The predicted molar refractivity (Wildman–Crippen MR) is 68.5 cm³/mol. The number of nitrogens with one attached hydrogen (secondary N) is 2. The van der Waals surface area contributed by atoms with Gasteiger partial charge in [0.15, 0.2) is 11.6 Å². The molecule has 1 heterocycles. The SMILES string of the molecule is CCOC(=O)NS(=O)(=O)CNc1ncccc1OC(F)(F)F. The third-order valence-electron chi connectivity index (χ3n) is 1.94. The van der Waals surface area contributed by atoms with Crippen molar-refractivity contribution in [2.24, 2.45) is 0 Å². The molecular weight excluding hydrogens is 331 g/mol. The molecule has 0 saturated heterocycles. The summed E-state index contributed by atoms with van der Waals surface area (Å²) in [4.78, 5) is 14.5. The number of halogens is 3. The van der Waals surface area contributed by atoms with E-state index in [1.165, 1.54) is 13.0 Å². The number of anilines is 1. The van der Waals surface area contributed by atoms with Crippen molar-refractivity contribution in [1.29, 1.82) is 0 Å². The summed E-state index contributed by atoms with van der Waals surface area (Å²) in [6.45, 7) is 1.43. The number of ether oxygens (including phenoxy) is 2. The van der Waals surface area contributed by atoms with Crippen LogP contribution < -0.4 is 14.8 Å². The largest absolute Gasteiger partial charge is 0.573 e. The van der Waals surface area contributed by atoms with Crippen molar-refractivity contribution in [1.82, 2.24) is 9.71 Å². The van der Waals surface area contributed by atoms with Gasteiger partial charge < -0.3 is 14.8 Å². The Labute approximate surface area is 123 Å². The molecule has 12 heteroatoms. The molecule has 124 valence electrons. The van der Waals surface area contributed by atoms with Gasteiger partial charge >= 0.3 is 12.5 Å². The summed E-state index contributed by atoms with van der Waals surface area (Å²) in [6.07, 6.45) is -5.02. The molecule has 1 aromatic heterocycles. The monoisotopic (exact) mass is 343 g/mol. The Morgan fingerprint density at radius 2 is 2.09 bits per heavy atom. The highest BCUT2D eigenvalue weighted by Crippen LogP contribution is 2.28. The molecule has 0 unspecified atom stereocenters. The Morgan fingerprint density at radius 1 is 1.41 bits per heavy atom. The van der Waals surface area contributed by atoms with E-state index in [0.29, 0.717) is 0 Å². The highest BCUT2D eigenvalue weighted by atomic mass is 32.2. The Balaban J connectivity index is 2.74. The number of carbonyl (C=O) groups excluding carboxylic acids is 1. The van der Waals surface area contributed by atoms with E-state index in [9.17, 15) is 26.4 Å². The van der Waals surface area contributed by atoms with Crippen molar-refractivity contribution < 1.29 is 35.9 Å². The third-order valence-corrected chi connectivity index (χ3v) is 2.94. The lowest BCUT2D eigenvalue weighted by Gasteiger charge is -2.13. The van der Waals surface area contributed by atoms with Crippen molar-refractivity contribution in [2.75, 3.05) is 17.8 Å². The van der Waals surface area contributed by atoms with Gasteiger partial charge in [-0.3, -0.25) is 0 Å². The molecule has 1 aromatic rings. The summed E-state index contributed by atoms with van der Waals surface area (Å²) in [5.41, 5.74) is 0. The van der Waals surface area contributed by atoms with Crippen molar-refractivity contribution in [3.8, 4) is 5.75 Å². The fourth-order valence-electron chi connectivity index (χ4n) is 1.22. The van der Waals surface area contributed by atoms with E-state index < -0.39 is 39.9 Å². The van der Waals surface area contributed by atoms with Gasteiger partial charge in [0.25, 0.3) is 10.0 Å². The number of hydrogen-bond donors (Lipinski definition) is 2. The fraction of sp³-hybridized carbons (Fsp3) is 0.400. The summed E-state index contributed by atoms with van der Waals surface area (Å²) < 4.78 is 69.2. The molecule has 1 amide bonds. The molecule has 0 aliphatic carbocycles. The van der Waals surface area contributed by atoms with Gasteiger partial charge in [0.2, 0.25) is 0 Å². The average Bonchev–Trinajstić information content (AvgIpc) is 2.35. The zero-order valence-corrected chi connectivity index (χ0v) is 12.0. The molecule has 1 rings (SSSR count). The number of carbonyl (C=O) groups is 1. The Hall–Kier alpha value is -2.24. The molecule has 8 nitrogen and oxygen atoms in total. The van der Waals surface area contributed by atoms with E-state index in [1.54, 1.807) is 4.72 Å². The van der Waals surface area contributed by atoms with Crippen LogP contribution in [0, 0.1) is 0 Å². The fourth-order valence-corrected chi connectivity index (χ4v) is 1.93. The molecule has 0 aromatic carbocycles. The highest BCUT2D eigenvalue weighted by Gasteiger charge is 2.32. The predicted octanol–water partition coefficient (Wildman–Crippen LogP) is 1.43. The topological polar surface area (TPSA) is 107 Å². The number of rotatable bonds is 6. The maximum absolute atomic E-state index is 12.2. The zero-order valence-electron chi connectivity index (χ0n) is 11.2. The summed E-state index contributed by atoms with van der Waals surface area (Å²) in [6, 6.07) is 2.13. The molecule has 0 atom stereocenters. The van der Waals surface area contributed by atoms with Crippen LogP contribution in [0.3, 0.4) is 0 Å². The summed E-state index contributed by atoms with van der Waals surface area (Å²) in [5, 5.41) is 2.13. The normalized spacial score (nSPS) is 11.6. The molecular formula is C10H12F3N3O5S. The lowest BCUT2D eigenvalue weighted by Crippen LogP contribution is -2.35. The second kappa shape index (κ2) is 7.15. The number of hydrogen-bond acceptors (Lipinski definition) is 7. The quantitative estimate of drug-likeness (QED) is 0.804. The number of sulfonamides is 1. The number of alkyl halides is 3. The second-order valence-electron chi connectivity index (χ2n) is 3.66. The van der Waals surface area contributed by atoms with Crippen LogP contribution in [0.15, 0.2) is 18.3 Å². The lowest BCUT2D eigenvalue weighted by molar-refractivity contribution is -0.274. The molecule has 2 N–H and O–H groups in total. The van der Waals surface area contributed by atoms with E-state index in [1.807, 2.05) is 0 Å². The van der Waals surface area contributed by atoms with Crippen LogP contribution in [-0.4, -0.2) is 38.3 Å². The third kappa shape index (κ3) is 6.47. The summed E-state index contributed by atoms with van der Waals surface area (Å²) in [7, 11) is -4.17. The second-order valence-corrected chi connectivity index (χ2v) is 5.38. The molecule has 22 heavy (non-hydrogen) atoms. The molecule has 0 aliphatic rings. The van der Waals surface area contributed by atoms with Gasteiger partial charge in [-0.1, -0.05) is 0 Å². The minimum Gasteiger partial charge on any atom is -0.449 e. The van der Waals surface area contributed by atoms with Gasteiger partial charge in [0, 0.05) is 6.20 Å². The molecule has 0 saturated carbocycles. The van der Waals surface area contributed by atoms with Crippen LogP contribution in [0.2, 0.25) is 0 Å². The Bertz CT molecular complexity index is 620. The van der Waals surface area contributed by atoms with E-state index in [4.69, 9.17) is 0 Å². The van der Waals surface area contributed by atoms with Crippen LogP contribution in [0.5, 0.6) is 5.75 Å². The van der Waals surface area contributed by atoms with Crippen molar-refractivity contribution >= 4 is 21.9 Å². The molecule has 0 radical (unpaired) electrons. The smallest absolute Gasteiger partial charge is 0.449 e. The maximum Gasteiger partial charge on any atom is 0.573 e. The first-order valence-corrected chi connectivity index (χ1v) is 7.40. The van der Waals surface area contributed by atoms with Crippen LogP contribution in [0.4, 0.5) is 23.8 Å². The first-order chi connectivity index (χ1) is 10.1. The van der Waals surface area contributed by atoms with E-state index >= 15 is 0 Å². The summed E-state index contributed by atoms with van der Waals surface area (Å²) >= 11 is 0. The first-order valence-electron chi connectivity index (χ1n) is 5.75. The van der Waals surface area contributed by atoms with Gasteiger partial charge in [0.1, 0.15) is 5.88 Å². The van der Waals surface area contributed by atoms with Crippen molar-refractivity contribution in [2.45, 2.75) is 13.3 Å². The number of nitrogens with zero attached hydrogens (tertiary/aromatic N) is 1. The van der Waals surface area contributed by atoms with E-state index in [0.717, 1.165) is 12.3 Å². The number of pyridine rings is 1. The van der Waals surface area contributed by atoms with Crippen molar-refractivity contribution in [3.05, 3.63) is 18.3 Å². The maximum atomic E-state index is 12.2. The van der Waals surface area contributed by atoms with E-state index in [-0.39, 0.29) is 6.61 Å². The minimum absolute atomic E-state index is 0.0431. The van der Waals surface area contributed by atoms with Gasteiger partial charge in [-0.05, 0) is 19.1 Å². The van der Waals surface area contributed by atoms with Crippen molar-refractivity contribution in [3.63, 3.8) is 0 Å². The number of amides is 1. The van der Waals surface area contributed by atoms with Crippen LogP contribution in [0.25, 0.3) is 0 Å². The van der Waals surface area contributed by atoms with Gasteiger partial charge in [-0.25, -0.2) is 22.9 Å². The number of aromatic nitrogens is 1. The highest BCUT2D eigenvalue weighted by molar-refractivity contribution is 7.90. The Morgan fingerprint density at radius 3 is 2.68 bits per heavy atom. The van der Waals surface area contributed by atoms with Crippen LogP contribution in [-0.2, 0) is 14.8 Å².